The van der Waals surface area contributed by atoms with Crippen LogP contribution in [0, 0.1) is 0 Å². The Labute approximate surface area is 157 Å². The van der Waals surface area contributed by atoms with Crippen molar-refractivity contribution in [1.29, 1.82) is 0 Å². The molecule has 0 atom stereocenters. The summed E-state index contributed by atoms with van der Waals surface area (Å²) in [6.07, 6.45) is 2.05. The summed E-state index contributed by atoms with van der Waals surface area (Å²) in [4.78, 5) is 16.7. The van der Waals surface area contributed by atoms with Gasteiger partial charge in [0.2, 0.25) is 0 Å². The Morgan fingerprint density at radius 1 is 1.33 bits per heavy atom. The normalized spacial score (nSPS) is 20.3. The van der Waals surface area contributed by atoms with Crippen molar-refractivity contribution < 1.29 is 9.53 Å². The molecule has 1 amide bonds. The van der Waals surface area contributed by atoms with Gasteiger partial charge in [0.25, 0.3) is 0 Å². The van der Waals surface area contributed by atoms with Gasteiger partial charge >= 0.3 is 6.09 Å². The van der Waals surface area contributed by atoms with Crippen LogP contribution in [0.1, 0.15) is 39.2 Å². The highest BCUT2D eigenvalue weighted by atomic mass is 79.9. The lowest BCUT2D eigenvalue weighted by molar-refractivity contribution is -0.00238. The molecular weight excluding hydrogens is 392 g/mol. The lowest BCUT2D eigenvalue weighted by Gasteiger charge is -2.42. The van der Waals surface area contributed by atoms with Gasteiger partial charge in [-0.2, -0.15) is 0 Å². The van der Waals surface area contributed by atoms with E-state index in [-0.39, 0.29) is 11.6 Å². The summed E-state index contributed by atoms with van der Waals surface area (Å²) in [5, 5.41) is 0.787. The van der Waals surface area contributed by atoms with Crippen molar-refractivity contribution in [2.24, 2.45) is 0 Å². The molecule has 1 aliphatic heterocycles. The van der Waals surface area contributed by atoms with Crippen molar-refractivity contribution in [2.45, 2.75) is 51.3 Å². The molecule has 2 fully saturated rings. The molecule has 3 rings (SSSR count). The van der Waals surface area contributed by atoms with Gasteiger partial charge in [0.15, 0.2) is 0 Å². The Morgan fingerprint density at radius 3 is 2.62 bits per heavy atom. The van der Waals surface area contributed by atoms with Crippen molar-refractivity contribution in [2.75, 3.05) is 19.6 Å². The quantitative estimate of drug-likeness (QED) is 0.702. The topological polar surface area (TPSA) is 32.8 Å². The third-order valence-electron chi connectivity index (χ3n) is 4.65. The molecule has 0 aromatic heterocycles. The van der Waals surface area contributed by atoms with E-state index >= 15 is 0 Å². The second-order valence-corrected chi connectivity index (χ2v) is 9.11. The largest absolute Gasteiger partial charge is 0.444 e. The Bertz CT molecular complexity index is 640. The molecule has 6 heteroatoms. The zero-order valence-electron chi connectivity index (χ0n) is 14.4. The van der Waals surface area contributed by atoms with Crippen molar-refractivity contribution in [3.63, 3.8) is 0 Å². The monoisotopic (exact) mass is 414 g/mol. The highest BCUT2D eigenvalue weighted by molar-refractivity contribution is 9.10. The molecule has 1 spiro atoms. The molecular formula is C18H24BrClN2O2. The summed E-state index contributed by atoms with van der Waals surface area (Å²) >= 11 is 9.82. The van der Waals surface area contributed by atoms with Crippen molar-refractivity contribution in [3.05, 3.63) is 33.3 Å². The van der Waals surface area contributed by atoms with Gasteiger partial charge in [0, 0.05) is 41.2 Å². The molecule has 1 saturated heterocycles. The van der Waals surface area contributed by atoms with Crippen LogP contribution in [0.2, 0.25) is 5.02 Å². The van der Waals surface area contributed by atoms with E-state index in [1.54, 1.807) is 0 Å². The average Bonchev–Trinajstić information content (AvgIpc) is 3.22. The third kappa shape index (κ3) is 4.06. The Morgan fingerprint density at radius 2 is 2.04 bits per heavy atom. The summed E-state index contributed by atoms with van der Waals surface area (Å²) in [6.45, 7) is 8.84. The number of amides is 1. The summed E-state index contributed by atoms with van der Waals surface area (Å²) < 4.78 is 6.52. The Kier molecular flexibility index (Phi) is 4.89. The molecule has 1 aliphatic carbocycles. The lowest BCUT2D eigenvalue weighted by Crippen LogP contribution is -2.56. The van der Waals surface area contributed by atoms with Gasteiger partial charge in [0.05, 0.1) is 0 Å². The summed E-state index contributed by atoms with van der Waals surface area (Å²) in [7, 11) is 0. The highest BCUT2D eigenvalue weighted by Gasteiger charge is 2.52. The van der Waals surface area contributed by atoms with E-state index in [0.29, 0.717) is 6.54 Å². The molecule has 0 N–H and O–H groups in total. The van der Waals surface area contributed by atoms with Crippen LogP contribution in [0.15, 0.2) is 22.7 Å². The van der Waals surface area contributed by atoms with Crippen LogP contribution in [0.25, 0.3) is 0 Å². The van der Waals surface area contributed by atoms with Crippen LogP contribution in [-0.4, -0.2) is 46.7 Å². The van der Waals surface area contributed by atoms with Gasteiger partial charge in [-0.1, -0.05) is 33.6 Å². The molecule has 1 aromatic carbocycles. The van der Waals surface area contributed by atoms with Gasteiger partial charge < -0.3 is 9.64 Å². The summed E-state index contributed by atoms with van der Waals surface area (Å²) in [6, 6.07) is 6.04. The molecule has 2 aliphatic rings. The van der Waals surface area contributed by atoms with E-state index < -0.39 is 5.60 Å². The standard InChI is InChI=1S/C18H24BrClN2O2/c1-17(2,3)24-16(23)21-8-9-22(18(12-21)6-7-18)11-13-4-5-14(19)10-15(13)20/h4-5,10H,6-9,11-12H2,1-3H3. The number of carbonyl (C=O) groups is 1. The maximum absolute atomic E-state index is 12.3. The van der Waals surface area contributed by atoms with Gasteiger partial charge in [-0.15, -0.1) is 0 Å². The van der Waals surface area contributed by atoms with Crippen LogP contribution < -0.4 is 0 Å². The molecule has 0 radical (unpaired) electrons. The van der Waals surface area contributed by atoms with Crippen LogP contribution >= 0.6 is 27.5 Å². The van der Waals surface area contributed by atoms with Crippen LogP contribution in [0.5, 0.6) is 0 Å². The number of halogens is 2. The van der Waals surface area contributed by atoms with Crippen molar-refractivity contribution in [1.82, 2.24) is 9.80 Å². The first-order valence-electron chi connectivity index (χ1n) is 8.35. The molecule has 132 valence electrons. The smallest absolute Gasteiger partial charge is 0.410 e. The SMILES string of the molecule is CC(C)(C)OC(=O)N1CCN(Cc2ccc(Br)cc2Cl)C2(CC2)C1. The van der Waals surface area contributed by atoms with E-state index in [0.717, 1.165) is 47.5 Å². The zero-order valence-corrected chi connectivity index (χ0v) is 16.8. The minimum absolute atomic E-state index is 0.103. The fraction of sp³-hybridized carbons (Fsp3) is 0.611. The second-order valence-electron chi connectivity index (χ2n) is 7.78. The van der Waals surface area contributed by atoms with Gasteiger partial charge in [-0.25, -0.2) is 4.79 Å². The molecule has 0 bridgehead atoms. The minimum atomic E-state index is -0.449. The maximum atomic E-state index is 12.3. The molecule has 1 aromatic rings. The fourth-order valence-electron chi connectivity index (χ4n) is 3.22. The highest BCUT2D eigenvalue weighted by Crippen LogP contribution is 2.45. The molecule has 4 nitrogen and oxygen atoms in total. The maximum Gasteiger partial charge on any atom is 0.410 e. The van der Waals surface area contributed by atoms with Crippen LogP contribution in [0.3, 0.4) is 0 Å². The third-order valence-corrected chi connectivity index (χ3v) is 5.50. The Hall–Kier alpha value is -0.780. The van der Waals surface area contributed by atoms with E-state index in [1.807, 2.05) is 37.8 Å². The first-order chi connectivity index (χ1) is 11.2. The molecule has 24 heavy (non-hydrogen) atoms. The molecule has 1 heterocycles. The molecule has 0 unspecified atom stereocenters. The first-order valence-corrected chi connectivity index (χ1v) is 9.53. The van der Waals surface area contributed by atoms with Crippen LogP contribution in [-0.2, 0) is 11.3 Å². The van der Waals surface area contributed by atoms with E-state index in [1.165, 1.54) is 0 Å². The second kappa shape index (κ2) is 6.50. The number of benzene rings is 1. The van der Waals surface area contributed by atoms with Gasteiger partial charge in [-0.05, 0) is 51.3 Å². The predicted molar refractivity (Wildman–Crippen MR) is 99.3 cm³/mol. The van der Waals surface area contributed by atoms with Gasteiger partial charge in [-0.3, -0.25) is 4.90 Å². The molecule has 1 saturated carbocycles. The van der Waals surface area contributed by atoms with Gasteiger partial charge in [0.1, 0.15) is 5.60 Å². The minimum Gasteiger partial charge on any atom is -0.444 e. The number of carbonyl (C=O) groups excluding carboxylic acids is 1. The van der Waals surface area contributed by atoms with Crippen LogP contribution in [0.4, 0.5) is 4.79 Å². The Balaban J connectivity index is 1.66. The number of hydrogen-bond donors (Lipinski definition) is 0. The number of rotatable bonds is 2. The van der Waals surface area contributed by atoms with E-state index in [4.69, 9.17) is 16.3 Å². The van der Waals surface area contributed by atoms with E-state index in [2.05, 4.69) is 26.9 Å². The van der Waals surface area contributed by atoms with Crippen molar-refractivity contribution >= 4 is 33.6 Å². The summed E-state index contributed by atoms with van der Waals surface area (Å²) in [5.74, 6) is 0. The van der Waals surface area contributed by atoms with E-state index in [9.17, 15) is 4.79 Å². The lowest BCUT2D eigenvalue weighted by atomic mass is 10.1. The number of ether oxygens (including phenoxy) is 1. The first kappa shape index (κ1) is 18.0. The number of nitrogens with zero attached hydrogens (tertiary/aromatic N) is 2. The fourth-order valence-corrected chi connectivity index (χ4v) is 3.95. The number of piperazine rings is 1. The van der Waals surface area contributed by atoms with Crippen molar-refractivity contribution in [3.8, 4) is 0 Å². The summed E-state index contributed by atoms with van der Waals surface area (Å²) in [5.41, 5.74) is 0.790. The predicted octanol–water partition coefficient (Wildman–Crippen LogP) is 4.69. The number of hydrogen-bond acceptors (Lipinski definition) is 3. The zero-order chi connectivity index (χ0) is 17.5. The average molecular weight is 416 g/mol.